The van der Waals surface area contributed by atoms with E-state index in [4.69, 9.17) is 4.74 Å². The van der Waals surface area contributed by atoms with Gasteiger partial charge in [-0.1, -0.05) is 12.1 Å². The van der Waals surface area contributed by atoms with Gasteiger partial charge in [-0.15, -0.1) is 0 Å². The second-order valence-corrected chi connectivity index (χ2v) is 8.41. The van der Waals surface area contributed by atoms with Crippen molar-refractivity contribution in [1.29, 1.82) is 0 Å². The molecule has 0 amide bonds. The lowest BCUT2D eigenvalue weighted by Gasteiger charge is -2.19. The molecule has 8 nitrogen and oxygen atoms in total. The molecule has 0 saturated carbocycles. The fourth-order valence-electron chi connectivity index (χ4n) is 3.07. The quantitative estimate of drug-likeness (QED) is 0.531. The zero-order valence-electron chi connectivity index (χ0n) is 15.6. The number of rotatable bonds is 8. The number of nitrogens with zero attached hydrogens (tertiary/aromatic N) is 2. The molecule has 1 heterocycles. The van der Waals surface area contributed by atoms with Crippen molar-refractivity contribution in [2.24, 2.45) is 0 Å². The van der Waals surface area contributed by atoms with Crippen LogP contribution in [0.2, 0.25) is 0 Å². The molecule has 2 aromatic rings. The number of nitro groups is 1. The number of sulfonamides is 1. The molecule has 0 bridgehead atoms. The van der Waals surface area contributed by atoms with E-state index in [2.05, 4.69) is 5.32 Å². The molecule has 0 spiro atoms. The van der Waals surface area contributed by atoms with Crippen molar-refractivity contribution in [3.63, 3.8) is 0 Å². The molecule has 2 aromatic carbocycles. The summed E-state index contributed by atoms with van der Waals surface area (Å²) in [5.74, 6) is 0. The molecule has 0 aromatic heterocycles. The Hall–Kier alpha value is -2.49. The van der Waals surface area contributed by atoms with Crippen molar-refractivity contribution in [2.75, 3.05) is 25.0 Å². The van der Waals surface area contributed by atoms with Gasteiger partial charge < -0.3 is 10.1 Å². The number of nitro benzene ring substituents is 1. The van der Waals surface area contributed by atoms with E-state index in [1.165, 1.54) is 16.4 Å². The summed E-state index contributed by atoms with van der Waals surface area (Å²) in [6.45, 7) is 3.91. The average molecular weight is 405 g/mol. The Bertz CT molecular complexity index is 939. The van der Waals surface area contributed by atoms with Crippen LogP contribution in [0.1, 0.15) is 25.3 Å². The first-order valence-electron chi connectivity index (χ1n) is 9.14. The van der Waals surface area contributed by atoms with E-state index in [1.807, 2.05) is 31.2 Å². The molecule has 0 aliphatic carbocycles. The van der Waals surface area contributed by atoms with Crippen molar-refractivity contribution in [3.8, 4) is 0 Å². The molecular formula is C19H23N3O5S. The Kier molecular flexibility index (Phi) is 6.28. The first kappa shape index (κ1) is 20.2. The van der Waals surface area contributed by atoms with Crippen LogP contribution in [0.5, 0.6) is 0 Å². The fourth-order valence-corrected chi connectivity index (χ4v) is 4.75. The van der Waals surface area contributed by atoms with Crippen LogP contribution in [0.15, 0.2) is 47.4 Å². The standard InChI is InChI=1S/C19H23N3O5S/c1-2-27-14-15-5-7-16(8-6-15)20-18-10-9-17(22(23)24)13-19(18)28(25,26)21-11-3-4-12-21/h5-10,13,20H,2-4,11-12,14H2,1H3. The van der Waals surface area contributed by atoms with Crippen molar-refractivity contribution in [2.45, 2.75) is 31.3 Å². The van der Waals surface area contributed by atoms with Gasteiger partial charge in [0.15, 0.2) is 0 Å². The number of benzene rings is 2. The van der Waals surface area contributed by atoms with E-state index in [-0.39, 0.29) is 10.6 Å². The summed E-state index contributed by atoms with van der Waals surface area (Å²) in [7, 11) is -3.82. The monoisotopic (exact) mass is 405 g/mol. The minimum Gasteiger partial charge on any atom is -0.377 e. The zero-order valence-corrected chi connectivity index (χ0v) is 16.4. The highest BCUT2D eigenvalue weighted by atomic mass is 32.2. The van der Waals surface area contributed by atoms with Gasteiger partial charge in [-0.3, -0.25) is 10.1 Å². The Balaban J connectivity index is 1.93. The first-order valence-corrected chi connectivity index (χ1v) is 10.6. The second-order valence-electron chi connectivity index (χ2n) is 6.51. The van der Waals surface area contributed by atoms with E-state index in [9.17, 15) is 18.5 Å². The van der Waals surface area contributed by atoms with Gasteiger partial charge in [0.05, 0.1) is 17.2 Å². The highest BCUT2D eigenvalue weighted by Crippen LogP contribution is 2.32. The summed E-state index contributed by atoms with van der Waals surface area (Å²) in [5, 5.41) is 14.2. The Labute approximate surface area is 164 Å². The van der Waals surface area contributed by atoms with Crippen LogP contribution in [0, 0.1) is 10.1 Å². The largest absolute Gasteiger partial charge is 0.377 e. The van der Waals surface area contributed by atoms with Gasteiger partial charge in [0.2, 0.25) is 10.0 Å². The average Bonchev–Trinajstić information content (AvgIpc) is 3.23. The van der Waals surface area contributed by atoms with Gasteiger partial charge in [0.25, 0.3) is 5.69 Å². The van der Waals surface area contributed by atoms with E-state index in [0.29, 0.717) is 37.7 Å². The molecule has 1 fully saturated rings. The number of non-ortho nitro benzene ring substituents is 1. The maximum atomic E-state index is 13.0. The number of ether oxygens (including phenoxy) is 1. The molecule has 3 rings (SSSR count). The van der Waals surface area contributed by atoms with Crippen LogP contribution >= 0.6 is 0 Å². The van der Waals surface area contributed by atoms with Gasteiger partial charge >= 0.3 is 0 Å². The normalized spacial score (nSPS) is 14.9. The van der Waals surface area contributed by atoms with Crippen LogP contribution in [-0.4, -0.2) is 37.3 Å². The van der Waals surface area contributed by atoms with Crippen molar-refractivity contribution < 1.29 is 18.1 Å². The highest BCUT2D eigenvalue weighted by molar-refractivity contribution is 7.89. The van der Waals surface area contributed by atoms with Crippen molar-refractivity contribution in [1.82, 2.24) is 4.31 Å². The smallest absolute Gasteiger partial charge is 0.270 e. The van der Waals surface area contributed by atoms with E-state index < -0.39 is 14.9 Å². The summed E-state index contributed by atoms with van der Waals surface area (Å²) in [6, 6.07) is 11.3. The maximum absolute atomic E-state index is 13.0. The lowest BCUT2D eigenvalue weighted by molar-refractivity contribution is -0.385. The predicted octanol–water partition coefficient (Wildman–Crippen LogP) is 3.66. The molecule has 150 valence electrons. The number of anilines is 2. The lowest BCUT2D eigenvalue weighted by atomic mass is 10.2. The second kappa shape index (κ2) is 8.68. The molecule has 28 heavy (non-hydrogen) atoms. The third-order valence-electron chi connectivity index (χ3n) is 4.56. The summed E-state index contributed by atoms with van der Waals surface area (Å²) >= 11 is 0. The topological polar surface area (TPSA) is 102 Å². The van der Waals surface area contributed by atoms with Gasteiger partial charge in [-0.2, -0.15) is 4.31 Å². The van der Waals surface area contributed by atoms with Gasteiger partial charge in [-0.05, 0) is 43.5 Å². The Morgan fingerprint density at radius 2 is 1.82 bits per heavy atom. The predicted molar refractivity (Wildman–Crippen MR) is 106 cm³/mol. The Morgan fingerprint density at radius 3 is 2.43 bits per heavy atom. The fraction of sp³-hybridized carbons (Fsp3) is 0.368. The number of hydrogen-bond donors (Lipinski definition) is 1. The van der Waals surface area contributed by atoms with Crippen LogP contribution in [0.3, 0.4) is 0 Å². The Morgan fingerprint density at radius 1 is 1.14 bits per heavy atom. The third-order valence-corrected chi connectivity index (χ3v) is 6.50. The minimum absolute atomic E-state index is 0.0815. The molecule has 0 radical (unpaired) electrons. The third kappa shape index (κ3) is 4.49. The molecule has 1 N–H and O–H groups in total. The van der Waals surface area contributed by atoms with Crippen LogP contribution in [0.25, 0.3) is 0 Å². The first-order chi connectivity index (χ1) is 13.4. The van der Waals surface area contributed by atoms with Gasteiger partial charge in [0, 0.05) is 37.5 Å². The number of hydrogen-bond acceptors (Lipinski definition) is 6. The van der Waals surface area contributed by atoms with Crippen LogP contribution < -0.4 is 5.32 Å². The molecule has 0 unspecified atom stereocenters. The zero-order chi connectivity index (χ0) is 20.1. The molecule has 9 heteroatoms. The van der Waals surface area contributed by atoms with E-state index in [1.54, 1.807) is 0 Å². The highest BCUT2D eigenvalue weighted by Gasteiger charge is 2.31. The molecule has 1 aliphatic heterocycles. The lowest BCUT2D eigenvalue weighted by Crippen LogP contribution is -2.28. The van der Waals surface area contributed by atoms with Crippen LogP contribution in [-0.2, 0) is 21.4 Å². The molecular weight excluding hydrogens is 382 g/mol. The summed E-state index contributed by atoms with van der Waals surface area (Å²) in [4.78, 5) is 10.5. The molecule has 1 aliphatic rings. The molecule has 0 atom stereocenters. The summed E-state index contributed by atoms with van der Waals surface area (Å²) in [5.41, 5.74) is 1.75. The van der Waals surface area contributed by atoms with Crippen molar-refractivity contribution >= 4 is 27.1 Å². The maximum Gasteiger partial charge on any atom is 0.270 e. The van der Waals surface area contributed by atoms with Gasteiger partial charge in [-0.25, -0.2) is 8.42 Å². The van der Waals surface area contributed by atoms with E-state index >= 15 is 0 Å². The molecule has 1 saturated heterocycles. The summed E-state index contributed by atoms with van der Waals surface area (Å²) in [6.07, 6.45) is 1.58. The van der Waals surface area contributed by atoms with Crippen LogP contribution in [0.4, 0.5) is 17.1 Å². The SMILES string of the molecule is CCOCc1ccc(Nc2ccc([N+](=O)[O-])cc2S(=O)(=O)N2CCCC2)cc1. The minimum atomic E-state index is -3.82. The van der Waals surface area contributed by atoms with Crippen molar-refractivity contribution in [3.05, 3.63) is 58.1 Å². The van der Waals surface area contributed by atoms with Gasteiger partial charge in [0.1, 0.15) is 4.90 Å². The summed E-state index contributed by atoms with van der Waals surface area (Å²) < 4.78 is 32.8. The number of nitrogens with one attached hydrogen (secondary N) is 1. The van der Waals surface area contributed by atoms with E-state index in [0.717, 1.165) is 24.5 Å².